The minimum atomic E-state index is -0.451. The fourth-order valence-corrected chi connectivity index (χ4v) is 2.71. The summed E-state index contributed by atoms with van der Waals surface area (Å²) < 4.78 is 0. The van der Waals surface area contributed by atoms with Crippen LogP contribution >= 0.6 is 0 Å². The first-order chi connectivity index (χ1) is 9.56. The predicted molar refractivity (Wildman–Crippen MR) is 77.7 cm³/mol. The zero-order valence-corrected chi connectivity index (χ0v) is 11.7. The highest BCUT2D eigenvalue weighted by Crippen LogP contribution is 2.29. The third kappa shape index (κ3) is 3.79. The van der Waals surface area contributed by atoms with Gasteiger partial charge in [0, 0.05) is 18.6 Å². The van der Waals surface area contributed by atoms with Crippen molar-refractivity contribution in [1.29, 1.82) is 0 Å². The maximum absolute atomic E-state index is 11.9. The highest BCUT2D eigenvalue weighted by Gasteiger charge is 2.17. The number of amides is 1. The summed E-state index contributed by atoms with van der Waals surface area (Å²) in [6, 6.07) is 4.52. The van der Waals surface area contributed by atoms with Gasteiger partial charge in [-0.2, -0.15) is 0 Å². The van der Waals surface area contributed by atoms with E-state index in [9.17, 15) is 14.9 Å². The Morgan fingerprint density at radius 1 is 1.40 bits per heavy atom. The second kappa shape index (κ2) is 6.50. The first-order valence-corrected chi connectivity index (χ1v) is 7.11. The molecular formula is C15H20N2O3. The molecule has 1 N–H and O–H groups in total. The predicted octanol–water partition coefficient (Wildman–Crippen LogP) is 3.81. The number of nitrogens with one attached hydrogen (secondary N) is 1. The van der Waals surface area contributed by atoms with E-state index in [1.807, 2.05) is 6.92 Å². The molecular weight excluding hydrogens is 256 g/mol. The Balaban J connectivity index is 1.92. The molecule has 0 bridgehead atoms. The largest absolute Gasteiger partial charge is 0.326 e. The number of benzene rings is 1. The quantitative estimate of drug-likeness (QED) is 0.656. The molecule has 108 valence electrons. The Hall–Kier alpha value is -1.91. The SMILES string of the molecule is Cc1ccc([N+](=O)[O-])cc1NC(=O)CCC1CCCC1. The maximum Gasteiger partial charge on any atom is 0.271 e. The molecule has 1 aliphatic carbocycles. The number of hydrogen-bond donors (Lipinski definition) is 1. The lowest BCUT2D eigenvalue weighted by Gasteiger charge is -2.10. The summed E-state index contributed by atoms with van der Waals surface area (Å²) >= 11 is 0. The van der Waals surface area contributed by atoms with Gasteiger partial charge in [-0.3, -0.25) is 14.9 Å². The Morgan fingerprint density at radius 3 is 2.75 bits per heavy atom. The van der Waals surface area contributed by atoms with Crippen LogP contribution < -0.4 is 5.32 Å². The molecule has 1 aromatic rings. The molecule has 5 nitrogen and oxygen atoms in total. The zero-order valence-electron chi connectivity index (χ0n) is 11.7. The van der Waals surface area contributed by atoms with Crippen molar-refractivity contribution in [2.75, 3.05) is 5.32 Å². The lowest BCUT2D eigenvalue weighted by atomic mass is 10.0. The fourth-order valence-electron chi connectivity index (χ4n) is 2.71. The van der Waals surface area contributed by atoms with E-state index in [0.717, 1.165) is 12.0 Å². The molecule has 0 unspecified atom stereocenters. The van der Waals surface area contributed by atoms with Crippen LogP contribution in [0, 0.1) is 23.0 Å². The number of carbonyl (C=O) groups is 1. The number of nitrogens with zero attached hydrogens (tertiary/aromatic N) is 1. The first-order valence-electron chi connectivity index (χ1n) is 7.11. The van der Waals surface area contributed by atoms with Crippen molar-refractivity contribution in [2.24, 2.45) is 5.92 Å². The Bertz CT molecular complexity index is 508. The second-order valence-electron chi connectivity index (χ2n) is 5.49. The number of anilines is 1. The van der Waals surface area contributed by atoms with Crippen LogP contribution in [0.1, 0.15) is 44.1 Å². The van der Waals surface area contributed by atoms with Crippen molar-refractivity contribution in [3.8, 4) is 0 Å². The van der Waals surface area contributed by atoms with Crippen molar-refractivity contribution in [1.82, 2.24) is 0 Å². The molecule has 1 aliphatic rings. The zero-order chi connectivity index (χ0) is 14.5. The normalized spacial score (nSPS) is 15.2. The van der Waals surface area contributed by atoms with Gasteiger partial charge in [-0.05, 0) is 24.8 Å². The second-order valence-corrected chi connectivity index (χ2v) is 5.49. The highest BCUT2D eigenvalue weighted by atomic mass is 16.6. The molecule has 0 saturated heterocycles. The van der Waals surface area contributed by atoms with Crippen LogP contribution in [0.15, 0.2) is 18.2 Å². The van der Waals surface area contributed by atoms with E-state index in [2.05, 4.69) is 5.32 Å². The number of hydrogen-bond acceptors (Lipinski definition) is 3. The smallest absolute Gasteiger partial charge is 0.271 e. The standard InChI is InChI=1S/C15H20N2O3/c1-11-6-8-13(17(19)20)10-14(11)16-15(18)9-7-12-4-2-3-5-12/h6,8,10,12H,2-5,7,9H2,1H3,(H,16,18). The summed E-state index contributed by atoms with van der Waals surface area (Å²) in [7, 11) is 0. The maximum atomic E-state index is 11.9. The van der Waals surface area contributed by atoms with Gasteiger partial charge in [-0.1, -0.05) is 31.7 Å². The summed E-state index contributed by atoms with van der Waals surface area (Å²) in [6.07, 6.45) is 6.41. The van der Waals surface area contributed by atoms with Crippen LogP contribution in [0.5, 0.6) is 0 Å². The molecule has 0 heterocycles. The van der Waals surface area contributed by atoms with Gasteiger partial charge < -0.3 is 5.32 Å². The molecule has 1 saturated carbocycles. The molecule has 1 aromatic carbocycles. The van der Waals surface area contributed by atoms with E-state index in [1.165, 1.54) is 37.8 Å². The average Bonchev–Trinajstić information content (AvgIpc) is 2.92. The molecule has 5 heteroatoms. The number of nitro groups is 1. The number of aryl methyl sites for hydroxylation is 1. The van der Waals surface area contributed by atoms with Crippen molar-refractivity contribution < 1.29 is 9.72 Å². The Labute approximate surface area is 118 Å². The van der Waals surface area contributed by atoms with Gasteiger partial charge in [-0.25, -0.2) is 0 Å². The van der Waals surface area contributed by atoms with Crippen LogP contribution in [0.25, 0.3) is 0 Å². The van der Waals surface area contributed by atoms with Gasteiger partial charge in [0.2, 0.25) is 5.91 Å². The van der Waals surface area contributed by atoms with E-state index in [-0.39, 0.29) is 11.6 Å². The van der Waals surface area contributed by atoms with Gasteiger partial charge in [0.1, 0.15) is 0 Å². The van der Waals surface area contributed by atoms with Crippen molar-refractivity contribution >= 4 is 17.3 Å². The van der Waals surface area contributed by atoms with Crippen molar-refractivity contribution in [3.63, 3.8) is 0 Å². The minimum absolute atomic E-state index is 0.00157. The van der Waals surface area contributed by atoms with E-state index < -0.39 is 4.92 Å². The van der Waals surface area contributed by atoms with E-state index in [4.69, 9.17) is 0 Å². The van der Waals surface area contributed by atoms with Crippen LogP contribution in [0.2, 0.25) is 0 Å². The van der Waals surface area contributed by atoms with Crippen LogP contribution in [-0.2, 0) is 4.79 Å². The molecule has 2 rings (SSSR count). The van der Waals surface area contributed by atoms with Crippen molar-refractivity contribution in [2.45, 2.75) is 45.4 Å². The van der Waals surface area contributed by atoms with Crippen molar-refractivity contribution in [3.05, 3.63) is 33.9 Å². The van der Waals surface area contributed by atoms with Gasteiger partial charge >= 0.3 is 0 Å². The summed E-state index contributed by atoms with van der Waals surface area (Å²) in [6.45, 7) is 1.83. The molecule has 0 aliphatic heterocycles. The minimum Gasteiger partial charge on any atom is -0.326 e. The molecule has 1 amide bonds. The van der Waals surface area contributed by atoms with Crippen LogP contribution in [0.3, 0.4) is 0 Å². The third-order valence-electron chi connectivity index (χ3n) is 3.96. The summed E-state index contributed by atoms with van der Waals surface area (Å²) in [5.41, 5.74) is 1.38. The van der Waals surface area contributed by atoms with E-state index >= 15 is 0 Å². The van der Waals surface area contributed by atoms with Crippen LogP contribution in [-0.4, -0.2) is 10.8 Å². The molecule has 0 atom stereocenters. The number of nitro benzene ring substituents is 1. The fraction of sp³-hybridized carbons (Fsp3) is 0.533. The molecule has 1 fully saturated rings. The topological polar surface area (TPSA) is 72.2 Å². The van der Waals surface area contributed by atoms with Gasteiger partial charge in [0.15, 0.2) is 0 Å². The number of carbonyl (C=O) groups excluding carboxylic acids is 1. The highest BCUT2D eigenvalue weighted by molar-refractivity contribution is 5.91. The summed E-state index contributed by atoms with van der Waals surface area (Å²) in [4.78, 5) is 22.2. The molecule has 0 radical (unpaired) electrons. The lowest BCUT2D eigenvalue weighted by molar-refractivity contribution is -0.384. The Kier molecular flexibility index (Phi) is 4.71. The van der Waals surface area contributed by atoms with Gasteiger partial charge in [-0.15, -0.1) is 0 Å². The van der Waals surface area contributed by atoms with Gasteiger partial charge in [0.05, 0.1) is 10.6 Å². The summed E-state index contributed by atoms with van der Waals surface area (Å²) in [5, 5.41) is 13.5. The number of non-ortho nitro benzene ring substituents is 1. The van der Waals surface area contributed by atoms with E-state index in [1.54, 1.807) is 6.07 Å². The average molecular weight is 276 g/mol. The molecule has 0 aromatic heterocycles. The van der Waals surface area contributed by atoms with E-state index in [0.29, 0.717) is 18.0 Å². The summed E-state index contributed by atoms with van der Waals surface area (Å²) in [5.74, 6) is 0.618. The van der Waals surface area contributed by atoms with Gasteiger partial charge in [0.25, 0.3) is 5.69 Å². The molecule has 0 spiro atoms. The lowest BCUT2D eigenvalue weighted by Crippen LogP contribution is -2.13. The Morgan fingerprint density at radius 2 is 2.10 bits per heavy atom. The first kappa shape index (κ1) is 14.5. The third-order valence-corrected chi connectivity index (χ3v) is 3.96. The monoisotopic (exact) mass is 276 g/mol. The van der Waals surface area contributed by atoms with Crippen LogP contribution in [0.4, 0.5) is 11.4 Å². The molecule has 20 heavy (non-hydrogen) atoms. The number of rotatable bonds is 5.